The van der Waals surface area contributed by atoms with Gasteiger partial charge in [0.15, 0.2) is 0 Å². The number of carbonyl (C=O) groups excluding carboxylic acids is 1. The predicted octanol–water partition coefficient (Wildman–Crippen LogP) is 8.28. The molecule has 1 aliphatic heterocycles. The minimum absolute atomic E-state index is 0.00357. The van der Waals surface area contributed by atoms with Gasteiger partial charge < -0.3 is 19.9 Å². The monoisotopic (exact) mass is 581 g/mol. The molecule has 0 radical (unpaired) electrons. The van der Waals surface area contributed by atoms with Crippen molar-refractivity contribution in [1.29, 1.82) is 0 Å². The van der Waals surface area contributed by atoms with Gasteiger partial charge in [-0.3, -0.25) is 4.79 Å². The Balaban J connectivity index is 1.25. The van der Waals surface area contributed by atoms with Crippen LogP contribution in [0.2, 0.25) is 0 Å². The molecule has 2 N–H and O–H groups in total. The molecule has 0 unspecified atom stereocenters. The molecule has 2 heterocycles. The lowest BCUT2D eigenvalue weighted by molar-refractivity contribution is -0.274. The average Bonchev–Trinajstić information content (AvgIpc) is 3.30. The van der Waals surface area contributed by atoms with Gasteiger partial charge in [-0.1, -0.05) is 26.0 Å². The number of ether oxygens (including phenoxy) is 1. The van der Waals surface area contributed by atoms with Crippen LogP contribution >= 0.6 is 0 Å². The number of rotatable bonds is 9. The van der Waals surface area contributed by atoms with Gasteiger partial charge in [-0.15, -0.1) is 13.2 Å². The average molecular weight is 582 g/mol. The summed E-state index contributed by atoms with van der Waals surface area (Å²) in [4.78, 5) is 17.8. The molecule has 9 heteroatoms. The summed E-state index contributed by atoms with van der Waals surface area (Å²) < 4.78 is 56.5. The Morgan fingerprint density at radius 1 is 1.05 bits per heavy atom. The van der Waals surface area contributed by atoms with E-state index < -0.39 is 6.36 Å². The van der Waals surface area contributed by atoms with Crippen molar-refractivity contribution in [3.8, 4) is 17.0 Å². The Bertz CT molecular complexity index is 1520. The number of H-pyrrole nitrogens is 1. The van der Waals surface area contributed by atoms with E-state index in [1.807, 2.05) is 26.0 Å². The third kappa shape index (κ3) is 7.31. The summed E-state index contributed by atoms with van der Waals surface area (Å²) in [5.41, 5.74) is 5.20. The first-order valence-corrected chi connectivity index (χ1v) is 14.3. The lowest BCUT2D eigenvalue weighted by Gasteiger charge is -2.32. The van der Waals surface area contributed by atoms with Crippen molar-refractivity contribution in [3.63, 3.8) is 0 Å². The molecule has 4 aromatic rings. The summed E-state index contributed by atoms with van der Waals surface area (Å²) in [5.74, 6) is -0.279. The van der Waals surface area contributed by atoms with E-state index in [1.165, 1.54) is 29.8 Å². The van der Waals surface area contributed by atoms with E-state index in [0.717, 1.165) is 61.4 Å². The highest BCUT2D eigenvalue weighted by atomic mass is 19.4. The highest BCUT2D eigenvalue weighted by Crippen LogP contribution is 2.35. The Kier molecular flexibility index (Phi) is 8.87. The van der Waals surface area contributed by atoms with Crippen LogP contribution in [0.15, 0.2) is 66.7 Å². The SMILES string of the molecule is CC(C)C(=O)Nc1cccc(C2CCN(CCCc3c(-c4ccc(F)cc4)[nH]c4ccc(OC(F)(F)F)cc34)CC2)c1. The molecule has 1 amide bonds. The number of likely N-dealkylation sites (tertiary alicyclic amines) is 1. The number of carbonyl (C=O) groups is 1. The van der Waals surface area contributed by atoms with E-state index in [4.69, 9.17) is 0 Å². The zero-order chi connectivity index (χ0) is 29.9. The number of amides is 1. The van der Waals surface area contributed by atoms with E-state index in [1.54, 1.807) is 18.2 Å². The third-order valence-electron chi connectivity index (χ3n) is 7.88. The van der Waals surface area contributed by atoms with Crippen LogP contribution in [-0.2, 0) is 11.2 Å². The predicted molar refractivity (Wildman–Crippen MR) is 157 cm³/mol. The molecule has 0 spiro atoms. The van der Waals surface area contributed by atoms with E-state index in [2.05, 4.69) is 32.1 Å². The summed E-state index contributed by atoms with van der Waals surface area (Å²) in [6.07, 6.45) is -1.31. The fourth-order valence-electron chi connectivity index (χ4n) is 5.67. The molecule has 1 aliphatic rings. The zero-order valence-electron chi connectivity index (χ0n) is 23.7. The molecule has 5 rings (SSSR count). The lowest BCUT2D eigenvalue weighted by atomic mass is 9.89. The summed E-state index contributed by atoms with van der Waals surface area (Å²) >= 11 is 0. The standard InChI is InChI=1S/C33H35F4N3O2/c1-21(2)32(41)38-26-6-3-5-24(19-26)22-14-17-40(18-15-22)16-4-7-28-29-20-27(42-33(35,36)37)12-13-30(29)39-31(28)23-8-10-25(34)11-9-23/h3,5-6,8-13,19-22,39H,4,7,14-18H2,1-2H3,(H,38,41). The van der Waals surface area contributed by atoms with Gasteiger partial charge in [-0.05, 0) is 123 Å². The van der Waals surface area contributed by atoms with Crippen molar-refractivity contribution in [2.45, 2.75) is 51.8 Å². The minimum atomic E-state index is -4.78. The van der Waals surface area contributed by atoms with Crippen LogP contribution in [0, 0.1) is 11.7 Å². The molecule has 0 bridgehead atoms. The second-order valence-electron chi connectivity index (χ2n) is 11.2. The highest BCUT2D eigenvalue weighted by molar-refractivity contribution is 5.92. The van der Waals surface area contributed by atoms with Crippen LogP contribution in [0.5, 0.6) is 5.75 Å². The van der Waals surface area contributed by atoms with Crippen molar-refractivity contribution in [1.82, 2.24) is 9.88 Å². The van der Waals surface area contributed by atoms with Crippen molar-refractivity contribution >= 4 is 22.5 Å². The molecule has 1 aromatic heterocycles. The number of aryl methyl sites for hydroxylation is 1. The normalized spacial score (nSPS) is 14.9. The summed E-state index contributed by atoms with van der Waals surface area (Å²) in [7, 11) is 0. The number of hydrogen-bond acceptors (Lipinski definition) is 3. The maximum Gasteiger partial charge on any atom is 0.573 e. The van der Waals surface area contributed by atoms with Gasteiger partial charge in [-0.2, -0.15) is 0 Å². The van der Waals surface area contributed by atoms with Crippen molar-refractivity contribution in [2.75, 3.05) is 25.0 Å². The maximum absolute atomic E-state index is 13.6. The highest BCUT2D eigenvalue weighted by Gasteiger charge is 2.31. The number of alkyl halides is 3. The third-order valence-corrected chi connectivity index (χ3v) is 7.88. The lowest BCUT2D eigenvalue weighted by Crippen LogP contribution is -2.33. The number of fused-ring (bicyclic) bond motifs is 1. The number of piperidine rings is 1. The first-order chi connectivity index (χ1) is 20.1. The number of nitrogens with zero attached hydrogens (tertiary/aromatic N) is 1. The van der Waals surface area contributed by atoms with E-state index in [9.17, 15) is 22.4 Å². The fourth-order valence-corrected chi connectivity index (χ4v) is 5.67. The zero-order valence-corrected chi connectivity index (χ0v) is 23.7. The fraction of sp³-hybridized carbons (Fsp3) is 0.364. The number of benzene rings is 3. The van der Waals surface area contributed by atoms with Gasteiger partial charge in [-0.25, -0.2) is 4.39 Å². The van der Waals surface area contributed by atoms with Gasteiger partial charge in [0.1, 0.15) is 11.6 Å². The van der Waals surface area contributed by atoms with Gasteiger partial charge in [0.25, 0.3) is 0 Å². The number of aromatic nitrogens is 1. The summed E-state index contributed by atoms with van der Waals surface area (Å²) in [5, 5.41) is 3.65. The number of halogens is 4. The van der Waals surface area contributed by atoms with Crippen LogP contribution in [0.25, 0.3) is 22.2 Å². The van der Waals surface area contributed by atoms with Crippen LogP contribution < -0.4 is 10.1 Å². The molecule has 0 saturated carbocycles. The van der Waals surface area contributed by atoms with Crippen molar-refractivity contribution < 1.29 is 27.1 Å². The molecule has 222 valence electrons. The van der Waals surface area contributed by atoms with Gasteiger partial charge in [0, 0.05) is 28.2 Å². The Morgan fingerprint density at radius 3 is 2.48 bits per heavy atom. The summed E-state index contributed by atoms with van der Waals surface area (Å²) in [6, 6.07) is 18.5. The van der Waals surface area contributed by atoms with E-state index in [-0.39, 0.29) is 23.4 Å². The number of nitrogens with one attached hydrogen (secondary N) is 2. The van der Waals surface area contributed by atoms with Crippen LogP contribution in [0.4, 0.5) is 23.2 Å². The molecule has 5 nitrogen and oxygen atoms in total. The van der Waals surface area contributed by atoms with Crippen LogP contribution in [-0.4, -0.2) is 41.8 Å². The largest absolute Gasteiger partial charge is 0.573 e. The maximum atomic E-state index is 13.6. The van der Waals surface area contributed by atoms with E-state index >= 15 is 0 Å². The molecule has 1 saturated heterocycles. The Morgan fingerprint density at radius 2 is 1.79 bits per heavy atom. The van der Waals surface area contributed by atoms with Crippen LogP contribution in [0.3, 0.4) is 0 Å². The molecule has 42 heavy (non-hydrogen) atoms. The van der Waals surface area contributed by atoms with Gasteiger partial charge >= 0.3 is 6.36 Å². The quantitative estimate of drug-likeness (QED) is 0.196. The Hall–Kier alpha value is -3.85. The summed E-state index contributed by atoms with van der Waals surface area (Å²) in [6.45, 7) is 6.48. The molecule has 3 aromatic carbocycles. The topological polar surface area (TPSA) is 57.4 Å². The van der Waals surface area contributed by atoms with Crippen LogP contribution in [0.1, 0.15) is 50.2 Å². The minimum Gasteiger partial charge on any atom is -0.406 e. The molecular weight excluding hydrogens is 546 g/mol. The number of aromatic amines is 1. The first kappa shape index (κ1) is 29.6. The van der Waals surface area contributed by atoms with E-state index in [0.29, 0.717) is 23.2 Å². The second kappa shape index (κ2) is 12.6. The van der Waals surface area contributed by atoms with Gasteiger partial charge in [0.2, 0.25) is 5.91 Å². The molecule has 1 fully saturated rings. The Labute approximate surface area is 242 Å². The van der Waals surface area contributed by atoms with Gasteiger partial charge in [0.05, 0.1) is 0 Å². The number of hydrogen-bond donors (Lipinski definition) is 2. The smallest absolute Gasteiger partial charge is 0.406 e. The van der Waals surface area contributed by atoms with Crippen molar-refractivity contribution in [3.05, 3.63) is 83.7 Å². The molecule has 0 atom stereocenters. The first-order valence-electron chi connectivity index (χ1n) is 14.3. The second-order valence-corrected chi connectivity index (χ2v) is 11.2. The van der Waals surface area contributed by atoms with Crippen molar-refractivity contribution in [2.24, 2.45) is 5.92 Å². The molecule has 0 aliphatic carbocycles. The number of anilines is 1. The molecular formula is C33H35F4N3O2.